The van der Waals surface area contributed by atoms with Gasteiger partial charge in [-0.25, -0.2) is 9.78 Å². The van der Waals surface area contributed by atoms with Gasteiger partial charge in [0.1, 0.15) is 5.75 Å². The van der Waals surface area contributed by atoms with E-state index in [1.807, 2.05) is 49.6 Å². The van der Waals surface area contributed by atoms with Crippen LogP contribution in [-0.2, 0) is 16.1 Å². The van der Waals surface area contributed by atoms with Gasteiger partial charge in [0.25, 0.3) is 5.91 Å². The second-order valence-corrected chi connectivity index (χ2v) is 8.35. The number of thiazole rings is 1. The Morgan fingerprint density at radius 1 is 1.19 bits per heavy atom. The van der Waals surface area contributed by atoms with E-state index in [0.717, 1.165) is 27.5 Å². The number of esters is 1. The molecule has 0 bridgehead atoms. The maximum absolute atomic E-state index is 13.1. The van der Waals surface area contributed by atoms with Crippen molar-refractivity contribution in [3.8, 4) is 17.0 Å². The highest BCUT2D eigenvalue weighted by atomic mass is 32.1. The number of carbonyl (C=O) groups excluding carboxylic acids is 2. The SMILES string of the molecule is CCOC(=O)c1ccc(CN2C(=O)C(CC)Oc3ccc(-c4csc(C)n4)cc32)cc1. The summed E-state index contributed by atoms with van der Waals surface area (Å²) < 4.78 is 11.0. The largest absolute Gasteiger partial charge is 0.478 e. The van der Waals surface area contributed by atoms with Crippen molar-refractivity contribution in [2.24, 2.45) is 0 Å². The predicted octanol–water partition coefficient (Wildman–Crippen LogP) is 5.00. The van der Waals surface area contributed by atoms with Crippen molar-refractivity contribution in [3.63, 3.8) is 0 Å². The van der Waals surface area contributed by atoms with Crippen molar-refractivity contribution in [2.45, 2.75) is 39.8 Å². The molecule has 1 aliphatic heterocycles. The normalized spacial score (nSPS) is 15.4. The molecular weight excluding hydrogens is 412 g/mol. The number of nitrogens with zero attached hydrogens (tertiary/aromatic N) is 2. The van der Waals surface area contributed by atoms with Crippen LogP contribution in [0, 0.1) is 6.92 Å². The van der Waals surface area contributed by atoms with Crippen LogP contribution in [0.15, 0.2) is 47.8 Å². The highest BCUT2D eigenvalue weighted by Gasteiger charge is 2.33. The van der Waals surface area contributed by atoms with Crippen LogP contribution in [-0.4, -0.2) is 29.6 Å². The second kappa shape index (κ2) is 8.89. The minimum Gasteiger partial charge on any atom is -0.478 e. The smallest absolute Gasteiger partial charge is 0.338 e. The highest BCUT2D eigenvalue weighted by Crippen LogP contribution is 2.39. The van der Waals surface area contributed by atoms with Gasteiger partial charge in [-0.3, -0.25) is 4.79 Å². The molecule has 7 heteroatoms. The quantitative estimate of drug-likeness (QED) is 0.509. The van der Waals surface area contributed by atoms with Gasteiger partial charge in [0.05, 0.1) is 35.1 Å². The maximum Gasteiger partial charge on any atom is 0.338 e. The third kappa shape index (κ3) is 4.32. The summed E-state index contributed by atoms with van der Waals surface area (Å²) in [7, 11) is 0. The minimum atomic E-state index is -0.515. The molecule has 160 valence electrons. The summed E-state index contributed by atoms with van der Waals surface area (Å²) in [5.41, 5.74) is 3.96. The average Bonchev–Trinajstić information content (AvgIpc) is 3.22. The Labute approximate surface area is 185 Å². The van der Waals surface area contributed by atoms with Gasteiger partial charge in [-0.1, -0.05) is 19.1 Å². The summed E-state index contributed by atoms with van der Waals surface area (Å²) >= 11 is 1.59. The highest BCUT2D eigenvalue weighted by molar-refractivity contribution is 7.09. The minimum absolute atomic E-state index is 0.0731. The van der Waals surface area contributed by atoms with Gasteiger partial charge >= 0.3 is 5.97 Å². The van der Waals surface area contributed by atoms with Crippen LogP contribution >= 0.6 is 11.3 Å². The number of hydrogen-bond donors (Lipinski definition) is 0. The number of benzene rings is 2. The van der Waals surface area contributed by atoms with E-state index in [1.165, 1.54) is 0 Å². The maximum atomic E-state index is 13.1. The number of carbonyl (C=O) groups is 2. The molecule has 2 aromatic carbocycles. The zero-order valence-corrected chi connectivity index (χ0v) is 18.6. The van der Waals surface area contributed by atoms with Gasteiger partial charge in [-0.15, -0.1) is 11.3 Å². The van der Waals surface area contributed by atoms with Crippen molar-refractivity contribution < 1.29 is 19.1 Å². The summed E-state index contributed by atoms with van der Waals surface area (Å²) in [4.78, 5) is 31.4. The van der Waals surface area contributed by atoms with Gasteiger partial charge in [0, 0.05) is 10.9 Å². The van der Waals surface area contributed by atoms with Crippen LogP contribution in [0.25, 0.3) is 11.3 Å². The lowest BCUT2D eigenvalue weighted by Crippen LogP contribution is -2.45. The molecule has 0 saturated heterocycles. The lowest BCUT2D eigenvalue weighted by Gasteiger charge is -2.34. The molecule has 4 rings (SSSR count). The molecule has 0 aliphatic carbocycles. The molecule has 0 spiro atoms. The van der Waals surface area contributed by atoms with E-state index in [1.54, 1.807) is 35.3 Å². The Morgan fingerprint density at radius 3 is 2.61 bits per heavy atom. The number of ether oxygens (including phenoxy) is 2. The molecule has 0 saturated carbocycles. The van der Waals surface area contributed by atoms with Crippen molar-refractivity contribution in [1.82, 2.24) is 4.98 Å². The Bertz CT molecular complexity index is 1110. The number of hydrogen-bond acceptors (Lipinski definition) is 6. The lowest BCUT2D eigenvalue weighted by molar-refractivity contribution is -0.126. The number of aryl methyl sites for hydroxylation is 1. The van der Waals surface area contributed by atoms with Crippen molar-refractivity contribution in [2.75, 3.05) is 11.5 Å². The molecule has 0 radical (unpaired) electrons. The van der Waals surface area contributed by atoms with Gasteiger partial charge in [-0.05, 0) is 56.2 Å². The van der Waals surface area contributed by atoms with Crippen LogP contribution in [0.4, 0.5) is 5.69 Å². The first kappa shape index (κ1) is 21.1. The van der Waals surface area contributed by atoms with Crippen LogP contribution in [0.5, 0.6) is 5.75 Å². The number of aromatic nitrogens is 1. The predicted molar refractivity (Wildman–Crippen MR) is 121 cm³/mol. The van der Waals surface area contributed by atoms with Crippen LogP contribution in [0.2, 0.25) is 0 Å². The molecular formula is C24H24N2O4S. The fourth-order valence-corrected chi connectivity index (χ4v) is 4.17. The van der Waals surface area contributed by atoms with E-state index in [0.29, 0.717) is 30.9 Å². The average molecular weight is 437 g/mol. The molecule has 0 N–H and O–H groups in total. The summed E-state index contributed by atoms with van der Waals surface area (Å²) in [6.07, 6.45) is 0.0718. The Hall–Kier alpha value is -3.19. The number of anilines is 1. The standard InChI is InChI=1S/C24H24N2O4S/c1-4-21-23(27)26(13-16-6-8-17(9-7-16)24(28)29-5-2)20-12-18(10-11-22(20)30-21)19-14-31-15(3)25-19/h6-12,14,21H,4-5,13H2,1-3H3. The Balaban J connectivity index is 1.66. The van der Waals surface area contributed by atoms with Gasteiger partial charge in [0.15, 0.2) is 6.10 Å². The molecule has 31 heavy (non-hydrogen) atoms. The van der Waals surface area contributed by atoms with Gasteiger partial charge < -0.3 is 14.4 Å². The number of amides is 1. The Morgan fingerprint density at radius 2 is 1.97 bits per heavy atom. The van der Waals surface area contributed by atoms with Crippen LogP contribution in [0.3, 0.4) is 0 Å². The number of fused-ring (bicyclic) bond motifs is 1. The van der Waals surface area contributed by atoms with Gasteiger partial charge in [-0.2, -0.15) is 0 Å². The van der Waals surface area contributed by atoms with Gasteiger partial charge in [0.2, 0.25) is 0 Å². The fourth-order valence-electron chi connectivity index (χ4n) is 3.54. The Kier molecular flexibility index (Phi) is 6.04. The van der Waals surface area contributed by atoms with Crippen molar-refractivity contribution in [1.29, 1.82) is 0 Å². The van der Waals surface area contributed by atoms with Crippen LogP contribution < -0.4 is 9.64 Å². The third-order valence-electron chi connectivity index (χ3n) is 5.15. The summed E-state index contributed by atoms with van der Waals surface area (Å²) in [5, 5.41) is 3.00. The molecule has 1 unspecified atom stereocenters. The van der Waals surface area contributed by atoms with Crippen molar-refractivity contribution >= 4 is 28.9 Å². The second-order valence-electron chi connectivity index (χ2n) is 7.29. The van der Waals surface area contributed by atoms with Crippen molar-refractivity contribution in [3.05, 3.63) is 64.0 Å². The molecule has 6 nitrogen and oxygen atoms in total. The van der Waals surface area contributed by atoms with Crippen LogP contribution in [0.1, 0.15) is 41.2 Å². The topological polar surface area (TPSA) is 68.7 Å². The molecule has 0 fully saturated rings. The zero-order valence-electron chi connectivity index (χ0n) is 17.8. The van der Waals surface area contributed by atoms with E-state index >= 15 is 0 Å². The first-order valence-corrected chi connectivity index (χ1v) is 11.2. The number of rotatable bonds is 6. The van der Waals surface area contributed by atoms with E-state index < -0.39 is 6.10 Å². The third-order valence-corrected chi connectivity index (χ3v) is 5.93. The monoisotopic (exact) mass is 436 g/mol. The summed E-state index contributed by atoms with van der Waals surface area (Å²) in [6, 6.07) is 13.0. The van der Waals surface area contributed by atoms with E-state index in [-0.39, 0.29) is 11.9 Å². The fraction of sp³-hybridized carbons (Fsp3) is 0.292. The summed E-state index contributed by atoms with van der Waals surface area (Å²) in [5.74, 6) is 0.262. The first-order chi connectivity index (χ1) is 15.0. The van der Waals surface area contributed by atoms with E-state index in [4.69, 9.17) is 9.47 Å². The van der Waals surface area contributed by atoms with E-state index in [2.05, 4.69) is 4.98 Å². The first-order valence-electron chi connectivity index (χ1n) is 10.3. The molecule has 1 atom stereocenters. The molecule has 1 aliphatic rings. The molecule has 2 heterocycles. The molecule has 1 aromatic heterocycles. The lowest BCUT2D eigenvalue weighted by atomic mass is 10.1. The molecule has 3 aromatic rings. The summed E-state index contributed by atoms with van der Waals surface area (Å²) in [6.45, 7) is 6.40. The molecule has 1 amide bonds. The van der Waals surface area contributed by atoms with E-state index in [9.17, 15) is 9.59 Å². The zero-order chi connectivity index (χ0) is 22.0.